The molecule has 23 heavy (non-hydrogen) atoms. The molecule has 122 valence electrons. The number of hydrogen-bond acceptors (Lipinski definition) is 6. The summed E-state index contributed by atoms with van der Waals surface area (Å²) in [7, 11) is 0. The Hall–Kier alpha value is -2.09. The Kier molecular flexibility index (Phi) is 4.80. The molecule has 0 bridgehead atoms. The molecule has 8 heteroatoms. The van der Waals surface area contributed by atoms with Crippen LogP contribution < -0.4 is 0 Å². The normalized spacial score (nSPS) is 18.1. The number of hydrogen-bond donors (Lipinski definition) is 1. The largest absolute Gasteiger partial charge is 0.332 e. The lowest BCUT2D eigenvalue weighted by molar-refractivity contribution is -0.129. The monoisotopic (exact) mass is 333 g/mol. The van der Waals surface area contributed by atoms with E-state index in [1.54, 1.807) is 11.0 Å². The average molecular weight is 333 g/mol. The first-order valence-corrected chi connectivity index (χ1v) is 8.67. The van der Waals surface area contributed by atoms with Gasteiger partial charge in [0.25, 0.3) is 11.7 Å². The molecule has 2 aromatic rings. The van der Waals surface area contributed by atoms with Gasteiger partial charge in [-0.2, -0.15) is 5.21 Å². The van der Waals surface area contributed by atoms with Gasteiger partial charge in [0.15, 0.2) is 5.82 Å². The maximum absolute atomic E-state index is 12.7. The molecule has 2 aromatic heterocycles. The smallest absolute Gasteiger partial charge is 0.296 e. The number of carbonyl (C=O) groups excluding carboxylic acids is 2. The molecule has 1 unspecified atom stereocenters. The Bertz CT molecular complexity index is 682. The van der Waals surface area contributed by atoms with Crippen molar-refractivity contribution >= 4 is 23.0 Å². The van der Waals surface area contributed by atoms with Gasteiger partial charge in [0.05, 0.1) is 4.88 Å². The zero-order valence-corrected chi connectivity index (χ0v) is 13.8. The van der Waals surface area contributed by atoms with E-state index in [0.29, 0.717) is 23.7 Å². The molecule has 0 aliphatic carbocycles. The van der Waals surface area contributed by atoms with Gasteiger partial charge in [0, 0.05) is 23.9 Å². The van der Waals surface area contributed by atoms with Gasteiger partial charge in [-0.05, 0) is 37.8 Å². The molecule has 1 amide bonds. The zero-order chi connectivity index (χ0) is 16.2. The highest BCUT2D eigenvalue weighted by molar-refractivity contribution is 7.14. The van der Waals surface area contributed by atoms with Crippen LogP contribution in [0, 0.1) is 0 Å². The molecule has 1 atom stereocenters. The van der Waals surface area contributed by atoms with Crippen molar-refractivity contribution in [3.05, 3.63) is 27.7 Å². The van der Waals surface area contributed by atoms with Crippen LogP contribution in [0.5, 0.6) is 0 Å². The number of amides is 1. The third-order valence-electron chi connectivity index (χ3n) is 4.12. The molecule has 1 aliphatic heterocycles. The number of thiophene rings is 1. The third kappa shape index (κ3) is 3.47. The molecule has 1 aliphatic rings. The number of aromatic nitrogens is 4. The average Bonchev–Trinajstić information content (AvgIpc) is 3.25. The van der Waals surface area contributed by atoms with E-state index in [4.69, 9.17) is 0 Å². The van der Waals surface area contributed by atoms with Crippen LogP contribution in [0.1, 0.15) is 46.6 Å². The summed E-state index contributed by atoms with van der Waals surface area (Å²) < 4.78 is 0. The topological polar surface area (TPSA) is 91.8 Å². The molecule has 0 spiro atoms. The maximum atomic E-state index is 12.7. The number of aryl methyl sites for hydroxylation is 1. The molecule has 0 radical (unpaired) electrons. The molecule has 1 N–H and O–H groups in total. The SMILES string of the molecule is CCc1ccc(C(=O)C(=O)N2CCCCC2Cc2nn[nH]n2)s1. The number of H-pyrrole nitrogens is 1. The number of ketones is 1. The Morgan fingerprint density at radius 1 is 1.39 bits per heavy atom. The first kappa shape index (κ1) is 15.8. The lowest BCUT2D eigenvalue weighted by Gasteiger charge is -2.34. The van der Waals surface area contributed by atoms with Gasteiger partial charge in [-0.25, -0.2) is 0 Å². The Labute approximate surface area is 138 Å². The second kappa shape index (κ2) is 6.99. The van der Waals surface area contributed by atoms with Crippen LogP contribution in [0.4, 0.5) is 0 Å². The fraction of sp³-hybridized carbons (Fsp3) is 0.533. The van der Waals surface area contributed by atoms with E-state index in [0.717, 1.165) is 30.6 Å². The summed E-state index contributed by atoms with van der Waals surface area (Å²) >= 11 is 1.40. The second-order valence-corrected chi connectivity index (χ2v) is 6.80. The van der Waals surface area contributed by atoms with Crippen LogP contribution in [0.25, 0.3) is 0 Å². The van der Waals surface area contributed by atoms with Crippen molar-refractivity contribution in [2.45, 2.75) is 45.1 Å². The summed E-state index contributed by atoms with van der Waals surface area (Å²) in [6.07, 6.45) is 4.22. The highest BCUT2D eigenvalue weighted by Crippen LogP contribution is 2.23. The molecular weight excluding hydrogens is 314 g/mol. The van der Waals surface area contributed by atoms with Gasteiger partial charge in [-0.15, -0.1) is 21.5 Å². The Morgan fingerprint density at radius 2 is 2.26 bits per heavy atom. The lowest BCUT2D eigenvalue weighted by Crippen LogP contribution is -2.47. The predicted molar refractivity (Wildman–Crippen MR) is 85.3 cm³/mol. The molecule has 1 fully saturated rings. The summed E-state index contributed by atoms with van der Waals surface area (Å²) in [5.41, 5.74) is 0. The molecular formula is C15H19N5O2S. The van der Waals surface area contributed by atoms with E-state index in [1.807, 2.05) is 13.0 Å². The molecule has 3 rings (SSSR count). The minimum Gasteiger partial charge on any atom is -0.332 e. The van der Waals surface area contributed by atoms with Crippen molar-refractivity contribution in [3.8, 4) is 0 Å². The van der Waals surface area contributed by atoms with E-state index in [2.05, 4.69) is 20.6 Å². The quantitative estimate of drug-likeness (QED) is 0.663. The summed E-state index contributed by atoms with van der Waals surface area (Å²) in [6.45, 7) is 2.65. The number of piperidine rings is 1. The summed E-state index contributed by atoms with van der Waals surface area (Å²) in [5.74, 6) is -0.246. The van der Waals surface area contributed by atoms with Crippen molar-refractivity contribution in [2.75, 3.05) is 6.54 Å². The fourth-order valence-corrected chi connectivity index (χ4v) is 3.76. The van der Waals surface area contributed by atoms with Gasteiger partial charge < -0.3 is 4.90 Å². The van der Waals surface area contributed by atoms with Crippen LogP contribution >= 0.6 is 11.3 Å². The Balaban J connectivity index is 1.73. The van der Waals surface area contributed by atoms with Gasteiger partial charge in [-0.1, -0.05) is 12.1 Å². The number of nitrogens with zero attached hydrogens (tertiary/aromatic N) is 4. The second-order valence-electron chi connectivity index (χ2n) is 5.63. The standard InChI is InChI=1S/C15H19N5O2S/c1-2-11-6-7-12(23-11)14(21)15(22)20-8-4-3-5-10(20)9-13-16-18-19-17-13/h6-7,10H,2-5,8-9H2,1H3,(H,16,17,18,19). The van der Waals surface area contributed by atoms with E-state index in [-0.39, 0.29) is 6.04 Å². The summed E-state index contributed by atoms with van der Waals surface area (Å²) in [5, 5.41) is 13.9. The highest BCUT2D eigenvalue weighted by atomic mass is 32.1. The van der Waals surface area contributed by atoms with Crippen molar-refractivity contribution in [2.24, 2.45) is 0 Å². The van der Waals surface area contributed by atoms with E-state index in [1.165, 1.54) is 11.3 Å². The summed E-state index contributed by atoms with van der Waals surface area (Å²) in [4.78, 5) is 28.5. The van der Waals surface area contributed by atoms with Crippen molar-refractivity contribution in [1.29, 1.82) is 0 Å². The third-order valence-corrected chi connectivity index (χ3v) is 5.35. The van der Waals surface area contributed by atoms with Gasteiger partial charge in [-0.3, -0.25) is 9.59 Å². The van der Waals surface area contributed by atoms with Crippen molar-refractivity contribution in [3.63, 3.8) is 0 Å². The van der Waals surface area contributed by atoms with Crippen LogP contribution in [0.2, 0.25) is 0 Å². The highest BCUT2D eigenvalue weighted by Gasteiger charge is 2.32. The minimum atomic E-state index is -0.414. The number of nitrogens with one attached hydrogen (secondary N) is 1. The van der Waals surface area contributed by atoms with Crippen molar-refractivity contribution in [1.82, 2.24) is 25.5 Å². The van der Waals surface area contributed by atoms with Crippen LogP contribution in [-0.4, -0.2) is 49.8 Å². The van der Waals surface area contributed by atoms with E-state index in [9.17, 15) is 9.59 Å². The molecule has 3 heterocycles. The number of tetrazole rings is 1. The first-order valence-electron chi connectivity index (χ1n) is 7.85. The molecule has 7 nitrogen and oxygen atoms in total. The Morgan fingerprint density at radius 3 is 2.96 bits per heavy atom. The van der Waals surface area contributed by atoms with Crippen LogP contribution in [-0.2, 0) is 17.6 Å². The number of Topliss-reactive ketones (excluding diaryl/α,β-unsaturated/α-hetero) is 1. The fourth-order valence-electron chi connectivity index (χ4n) is 2.89. The van der Waals surface area contributed by atoms with Crippen LogP contribution in [0.3, 0.4) is 0 Å². The minimum absolute atomic E-state index is 0.0385. The zero-order valence-electron chi connectivity index (χ0n) is 13.0. The lowest BCUT2D eigenvalue weighted by atomic mass is 9.98. The van der Waals surface area contributed by atoms with Gasteiger partial charge in [0.2, 0.25) is 0 Å². The van der Waals surface area contributed by atoms with Gasteiger partial charge in [0.1, 0.15) is 0 Å². The molecule has 1 saturated heterocycles. The van der Waals surface area contributed by atoms with Crippen molar-refractivity contribution < 1.29 is 9.59 Å². The summed E-state index contributed by atoms with van der Waals surface area (Å²) in [6, 6.07) is 3.63. The predicted octanol–water partition coefficient (Wildman–Crippen LogP) is 1.63. The van der Waals surface area contributed by atoms with Crippen LogP contribution in [0.15, 0.2) is 12.1 Å². The van der Waals surface area contributed by atoms with E-state index < -0.39 is 11.7 Å². The van der Waals surface area contributed by atoms with Gasteiger partial charge >= 0.3 is 0 Å². The first-order chi connectivity index (χ1) is 11.2. The number of carbonyl (C=O) groups is 2. The maximum Gasteiger partial charge on any atom is 0.296 e. The number of likely N-dealkylation sites (tertiary alicyclic amines) is 1. The molecule has 0 saturated carbocycles. The number of aromatic amines is 1. The number of rotatable bonds is 5. The van der Waals surface area contributed by atoms with E-state index >= 15 is 0 Å². The molecule has 0 aromatic carbocycles.